The molecule has 2 aromatic heterocycles. The lowest BCUT2D eigenvalue weighted by molar-refractivity contribution is 0.556. The van der Waals surface area contributed by atoms with Crippen LogP contribution in [0.5, 0.6) is 0 Å². The number of sulfonamides is 1. The molecule has 118 valence electrons. The summed E-state index contributed by atoms with van der Waals surface area (Å²) in [7, 11) is -3.96. The van der Waals surface area contributed by atoms with E-state index < -0.39 is 15.8 Å². The van der Waals surface area contributed by atoms with Crippen LogP contribution in [0.25, 0.3) is 11.3 Å². The molecule has 0 aliphatic carbocycles. The van der Waals surface area contributed by atoms with E-state index in [9.17, 15) is 12.8 Å². The monoisotopic (exact) mass is 349 g/mol. The van der Waals surface area contributed by atoms with E-state index in [-0.39, 0.29) is 11.4 Å². The molecule has 1 aromatic carbocycles. The van der Waals surface area contributed by atoms with Crippen molar-refractivity contribution in [3.05, 3.63) is 65.0 Å². The van der Waals surface area contributed by atoms with Crippen LogP contribution in [-0.2, 0) is 16.6 Å². The van der Waals surface area contributed by atoms with Crippen molar-refractivity contribution in [2.24, 2.45) is 0 Å². The topological polar surface area (TPSA) is 72.0 Å². The smallest absolute Gasteiger partial charge is 0.243 e. The molecule has 0 saturated heterocycles. The van der Waals surface area contributed by atoms with Gasteiger partial charge in [0.2, 0.25) is 10.0 Å². The normalized spacial score (nSPS) is 11.5. The molecule has 3 aromatic rings. The van der Waals surface area contributed by atoms with Crippen LogP contribution in [0.4, 0.5) is 4.39 Å². The molecule has 0 amide bonds. The first-order valence-corrected chi connectivity index (χ1v) is 9.07. The highest BCUT2D eigenvalue weighted by Crippen LogP contribution is 2.22. The average molecular weight is 349 g/mol. The molecular formula is C15H12FN3O2S2. The summed E-state index contributed by atoms with van der Waals surface area (Å²) in [5.74, 6) is -0.794. The fourth-order valence-electron chi connectivity index (χ4n) is 2.04. The van der Waals surface area contributed by atoms with Gasteiger partial charge in [0.25, 0.3) is 0 Å². The number of halogens is 1. The summed E-state index contributed by atoms with van der Waals surface area (Å²) in [6.45, 7) is -0.0737. The van der Waals surface area contributed by atoms with Crippen LogP contribution in [0, 0.1) is 5.82 Å². The van der Waals surface area contributed by atoms with Gasteiger partial charge in [-0.2, -0.15) is 11.3 Å². The van der Waals surface area contributed by atoms with Gasteiger partial charge in [0.15, 0.2) is 0 Å². The van der Waals surface area contributed by atoms with Crippen LogP contribution in [0.2, 0.25) is 0 Å². The Hall–Kier alpha value is -2.16. The van der Waals surface area contributed by atoms with Crippen molar-refractivity contribution >= 4 is 21.4 Å². The molecule has 2 heterocycles. The lowest BCUT2D eigenvalue weighted by Crippen LogP contribution is -2.25. The summed E-state index contributed by atoms with van der Waals surface area (Å²) in [6.07, 6.45) is 3.03. The first kappa shape index (κ1) is 15.7. The lowest BCUT2D eigenvalue weighted by Gasteiger charge is -2.09. The number of thiophene rings is 1. The fraction of sp³-hybridized carbons (Fsp3) is 0.0667. The number of rotatable bonds is 5. The standard InChI is InChI=1S/C15H12FN3O2S2/c16-12-3-1-2-4-14(12)23(20,21)19-9-13-15(18-7-6-17-13)11-5-8-22-10-11/h1-8,10,19H,9H2. The minimum atomic E-state index is -3.96. The van der Waals surface area contributed by atoms with Crippen molar-refractivity contribution in [3.8, 4) is 11.3 Å². The van der Waals surface area contributed by atoms with E-state index in [0.29, 0.717) is 11.4 Å². The highest BCUT2D eigenvalue weighted by molar-refractivity contribution is 7.89. The molecule has 0 saturated carbocycles. The van der Waals surface area contributed by atoms with Crippen LogP contribution in [0.3, 0.4) is 0 Å². The van der Waals surface area contributed by atoms with Crippen molar-refractivity contribution < 1.29 is 12.8 Å². The maximum Gasteiger partial charge on any atom is 0.243 e. The summed E-state index contributed by atoms with van der Waals surface area (Å²) in [4.78, 5) is 8.03. The Labute approximate surface area is 136 Å². The van der Waals surface area contributed by atoms with E-state index in [1.54, 1.807) is 6.20 Å². The maximum atomic E-state index is 13.7. The Morgan fingerprint density at radius 2 is 1.91 bits per heavy atom. The van der Waals surface area contributed by atoms with Gasteiger partial charge in [0.1, 0.15) is 10.7 Å². The molecule has 0 unspecified atom stereocenters. The number of nitrogens with zero attached hydrogens (tertiary/aromatic N) is 2. The van der Waals surface area contributed by atoms with Gasteiger partial charge in [-0.15, -0.1) is 0 Å². The second-order valence-corrected chi connectivity index (χ2v) is 7.13. The zero-order valence-electron chi connectivity index (χ0n) is 11.8. The zero-order valence-corrected chi connectivity index (χ0v) is 13.4. The van der Waals surface area contributed by atoms with Crippen LogP contribution < -0.4 is 4.72 Å². The van der Waals surface area contributed by atoms with Gasteiger partial charge in [-0.25, -0.2) is 17.5 Å². The van der Waals surface area contributed by atoms with Gasteiger partial charge in [0, 0.05) is 23.3 Å². The predicted molar refractivity (Wildman–Crippen MR) is 85.8 cm³/mol. The third kappa shape index (κ3) is 3.44. The van der Waals surface area contributed by atoms with Gasteiger partial charge in [0.05, 0.1) is 17.9 Å². The second-order valence-electron chi connectivity index (χ2n) is 4.62. The van der Waals surface area contributed by atoms with E-state index in [1.807, 2.05) is 16.8 Å². The Balaban J connectivity index is 1.86. The predicted octanol–water partition coefficient (Wildman–Crippen LogP) is 2.82. The van der Waals surface area contributed by atoms with Gasteiger partial charge < -0.3 is 0 Å². The molecule has 8 heteroatoms. The number of nitrogens with one attached hydrogen (secondary N) is 1. The van der Waals surface area contributed by atoms with Gasteiger partial charge in [-0.3, -0.25) is 9.97 Å². The zero-order chi connectivity index (χ0) is 16.3. The van der Waals surface area contributed by atoms with Crippen molar-refractivity contribution in [2.75, 3.05) is 0 Å². The van der Waals surface area contributed by atoms with E-state index in [2.05, 4.69) is 14.7 Å². The largest absolute Gasteiger partial charge is 0.256 e. The van der Waals surface area contributed by atoms with Gasteiger partial charge >= 0.3 is 0 Å². The molecule has 0 atom stereocenters. The van der Waals surface area contributed by atoms with Crippen LogP contribution >= 0.6 is 11.3 Å². The van der Waals surface area contributed by atoms with Crippen molar-refractivity contribution in [1.82, 2.24) is 14.7 Å². The minimum absolute atomic E-state index is 0.0737. The molecular weight excluding hydrogens is 337 g/mol. The van der Waals surface area contributed by atoms with Gasteiger partial charge in [-0.05, 0) is 23.6 Å². The van der Waals surface area contributed by atoms with E-state index in [4.69, 9.17) is 0 Å². The number of benzene rings is 1. The third-order valence-electron chi connectivity index (χ3n) is 3.12. The highest BCUT2D eigenvalue weighted by Gasteiger charge is 2.19. The molecule has 0 bridgehead atoms. The first-order valence-electron chi connectivity index (χ1n) is 6.64. The van der Waals surface area contributed by atoms with Crippen molar-refractivity contribution in [2.45, 2.75) is 11.4 Å². The molecule has 3 rings (SSSR count). The average Bonchev–Trinajstić information content (AvgIpc) is 3.08. The first-order chi connectivity index (χ1) is 11.1. The number of hydrogen-bond donors (Lipinski definition) is 1. The lowest BCUT2D eigenvalue weighted by atomic mass is 10.2. The fourth-order valence-corrected chi connectivity index (χ4v) is 3.75. The molecule has 5 nitrogen and oxygen atoms in total. The highest BCUT2D eigenvalue weighted by atomic mass is 32.2. The minimum Gasteiger partial charge on any atom is -0.256 e. The third-order valence-corrected chi connectivity index (χ3v) is 5.24. The molecule has 0 aliphatic heterocycles. The summed E-state index contributed by atoms with van der Waals surface area (Å²) < 4.78 is 40.5. The Kier molecular flexibility index (Phi) is 4.46. The van der Waals surface area contributed by atoms with E-state index >= 15 is 0 Å². The van der Waals surface area contributed by atoms with Crippen molar-refractivity contribution in [3.63, 3.8) is 0 Å². The Bertz CT molecular complexity index is 912. The number of hydrogen-bond acceptors (Lipinski definition) is 5. The molecule has 0 spiro atoms. The Morgan fingerprint density at radius 1 is 1.13 bits per heavy atom. The summed E-state index contributed by atoms with van der Waals surface area (Å²) >= 11 is 1.51. The Morgan fingerprint density at radius 3 is 2.65 bits per heavy atom. The summed E-state index contributed by atoms with van der Waals surface area (Å²) in [5.41, 5.74) is 1.94. The van der Waals surface area contributed by atoms with Crippen LogP contribution in [0.1, 0.15) is 5.69 Å². The van der Waals surface area contributed by atoms with Crippen LogP contribution in [-0.4, -0.2) is 18.4 Å². The van der Waals surface area contributed by atoms with Gasteiger partial charge in [-0.1, -0.05) is 12.1 Å². The SMILES string of the molecule is O=S(=O)(NCc1nccnc1-c1ccsc1)c1ccccc1F. The second kappa shape index (κ2) is 6.53. The molecule has 23 heavy (non-hydrogen) atoms. The maximum absolute atomic E-state index is 13.7. The van der Waals surface area contributed by atoms with E-state index in [0.717, 1.165) is 11.6 Å². The molecule has 0 fully saturated rings. The molecule has 1 N–H and O–H groups in total. The quantitative estimate of drug-likeness (QED) is 0.769. The summed E-state index contributed by atoms with van der Waals surface area (Å²) in [5, 5.41) is 3.80. The number of aromatic nitrogens is 2. The molecule has 0 aliphatic rings. The summed E-state index contributed by atoms with van der Waals surface area (Å²) in [6, 6.07) is 7.10. The van der Waals surface area contributed by atoms with Crippen molar-refractivity contribution in [1.29, 1.82) is 0 Å². The van der Waals surface area contributed by atoms with E-state index in [1.165, 1.54) is 35.7 Å². The van der Waals surface area contributed by atoms with Crippen LogP contribution in [0.15, 0.2) is 58.4 Å². The molecule has 0 radical (unpaired) electrons.